The van der Waals surface area contributed by atoms with Gasteiger partial charge in [-0.15, -0.1) is 0 Å². The van der Waals surface area contributed by atoms with Gasteiger partial charge in [0.05, 0.1) is 18.4 Å². The van der Waals surface area contributed by atoms with E-state index in [0.29, 0.717) is 6.54 Å². The second-order valence-corrected chi connectivity index (χ2v) is 9.84. The van der Waals surface area contributed by atoms with Crippen LogP contribution in [0.4, 0.5) is 5.69 Å². The highest BCUT2D eigenvalue weighted by atomic mass is 79.9. The smallest absolute Gasteiger partial charge is 0.315 e. The number of ether oxygens (including phenoxy) is 1. The van der Waals surface area contributed by atoms with E-state index in [-0.39, 0.29) is 5.91 Å². The highest BCUT2D eigenvalue weighted by Gasteiger charge is 2.47. The number of carbonyl (C=O) groups is 2. The van der Waals surface area contributed by atoms with Crippen molar-refractivity contribution in [3.05, 3.63) is 100 Å². The molecule has 0 aliphatic carbocycles. The van der Waals surface area contributed by atoms with Gasteiger partial charge >= 0.3 is 5.97 Å². The third-order valence-electron chi connectivity index (χ3n) is 5.50. The SMILES string of the molecule is CC(C)(C)OC(=O)C(c1ccccc1)C1C(=O)N(Cc2ccccc2)c2cccc(Br)c21. The Morgan fingerprint density at radius 1 is 0.969 bits per heavy atom. The van der Waals surface area contributed by atoms with Gasteiger partial charge in [0.25, 0.3) is 0 Å². The minimum Gasteiger partial charge on any atom is -0.459 e. The molecule has 5 heteroatoms. The number of halogens is 1. The van der Waals surface area contributed by atoms with Gasteiger partial charge < -0.3 is 9.64 Å². The third kappa shape index (κ3) is 4.49. The quantitative estimate of drug-likeness (QED) is 0.398. The molecular weight excluding hydrogens is 466 g/mol. The summed E-state index contributed by atoms with van der Waals surface area (Å²) in [5.41, 5.74) is 2.78. The molecule has 0 aromatic heterocycles. The predicted octanol–water partition coefficient (Wildman–Crippen LogP) is 6.21. The topological polar surface area (TPSA) is 46.6 Å². The number of amides is 1. The highest BCUT2D eigenvalue weighted by molar-refractivity contribution is 9.10. The minimum absolute atomic E-state index is 0.101. The van der Waals surface area contributed by atoms with Crippen LogP contribution in [0.5, 0.6) is 0 Å². The van der Waals surface area contributed by atoms with Gasteiger partial charge in [-0.2, -0.15) is 0 Å². The number of fused-ring (bicyclic) bond motifs is 1. The average molecular weight is 492 g/mol. The normalized spacial score (nSPS) is 16.6. The van der Waals surface area contributed by atoms with Crippen molar-refractivity contribution >= 4 is 33.5 Å². The lowest BCUT2D eigenvalue weighted by Gasteiger charge is -2.27. The maximum Gasteiger partial charge on any atom is 0.315 e. The van der Waals surface area contributed by atoms with Crippen LogP contribution in [-0.4, -0.2) is 17.5 Å². The Morgan fingerprint density at radius 3 is 2.22 bits per heavy atom. The van der Waals surface area contributed by atoms with Gasteiger partial charge in [0.1, 0.15) is 5.60 Å². The first-order valence-electron chi connectivity index (χ1n) is 10.7. The zero-order valence-electron chi connectivity index (χ0n) is 18.4. The molecule has 32 heavy (non-hydrogen) atoms. The van der Waals surface area contributed by atoms with Crippen LogP contribution >= 0.6 is 15.9 Å². The number of hydrogen-bond donors (Lipinski definition) is 0. The van der Waals surface area contributed by atoms with Crippen LogP contribution in [0.3, 0.4) is 0 Å². The molecule has 0 N–H and O–H groups in total. The highest BCUT2D eigenvalue weighted by Crippen LogP contribution is 2.49. The van der Waals surface area contributed by atoms with Crippen LogP contribution in [0.15, 0.2) is 83.3 Å². The molecule has 0 bridgehead atoms. The number of carbonyl (C=O) groups excluding carboxylic acids is 2. The van der Waals surface area contributed by atoms with Gasteiger partial charge in [0.2, 0.25) is 5.91 Å². The van der Waals surface area contributed by atoms with Crippen molar-refractivity contribution in [1.82, 2.24) is 0 Å². The number of nitrogens with zero attached hydrogens (tertiary/aromatic N) is 1. The maximum absolute atomic E-state index is 13.9. The molecule has 1 aliphatic heterocycles. The zero-order valence-corrected chi connectivity index (χ0v) is 20.0. The van der Waals surface area contributed by atoms with Crippen LogP contribution in [0.25, 0.3) is 0 Å². The zero-order chi connectivity index (χ0) is 22.9. The number of anilines is 1. The van der Waals surface area contributed by atoms with Crippen molar-refractivity contribution in [3.63, 3.8) is 0 Å². The third-order valence-corrected chi connectivity index (χ3v) is 6.19. The van der Waals surface area contributed by atoms with E-state index >= 15 is 0 Å². The molecular formula is C27H26BrNO3. The lowest BCUT2D eigenvalue weighted by molar-refractivity contribution is -0.158. The van der Waals surface area contributed by atoms with E-state index in [2.05, 4.69) is 15.9 Å². The van der Waals surface area contributed by atoms with Gasteiger partial charge in [-0.05, 0) is 44.0 Å². The molecule has 3 aromatic rings. The van der Waals surface area contributed by atoms with Gasteiger partial charge in [0.15, 0.2) is 0 Å². The molecule has 164 valence electrons. The van der Waals surface area contributed by atoms with E-state index in [9.17, 15) is 9.59 Å². The Morgan fingerprint density at radius 2 is 1.59 bits per heavy atom. The summed E-state index contributed by atoms with van der Waals surface area (Å²) in [6.07, 6.45) is 0. The fourth-order valence-corrected chi connectivity index (χ4v) is 4.81. The number of esters is 1. The Labute approximate surface area is 197 Å². The number of benzene rings is 3. The molecule has 0 saturated carbocycles. The number of rotatable bonds is 5. The Kier molecular flexibility index (Phi) is 6.20. The lowest BCUT2D eigenvalue weighted by atomic mass is 9.82. The van der Waals surface area contributed by atoms with Crippen LogP contribution in [0.1, 0.15) is 49.3 Å². The first-order valence-corrected chi connectivity index (χ1v) is 11.5. The first-order chi connectivity index (χ1) is 15.3. The molecule has 1 amide bonds. The van der Waals surface area contributed by atoms with E-state index in [0.717, 1.165) is 26.9 Å². The summed E-state index contributed by atoms with van der Waals surface area (Å²) < 4.78 is 6.61. The summed E-state index contributed by atoms with van der Waals surface area (Å²) >= 11 is 3.65. The standard InChI is InChI=1S/C27H26BrNO3/c1-27(2,3)32-26(31)22(19-13-8-5-9-14-19)24-23-20(28)15-10-16-21(23)29(25(24)30)17-18-11-6-4-7-12-18/h4-16,22,24H,17H2,1-3H3. The Balaban J connectivity index is 1.82. The average Bonchev–Trinajstić information content (AvgIpc) is 3.02. The molecule has 4 nitrogen and oxygen atoms in total. The van der Waals surface area contributed by atoms with E-state index in [4.69, 9.17) is 4.74 Å². The van der Waals surface area contributed by atoms with E-state index in [1.807, 2.05) is 99.6 Å². The summed E-state index contributed by atoms with van der Waals surface area (Å²) in [6, 6.07) is 25.1. The van der Waals surface area contributed by atoms with Crippen molar-refractivity contribution in [3.8, 4) is 0 Å². The molecule has 0 radical (unpaired) electrons. The molecule has 0 fully saturated rings. The Hall–Kier alpha value is -2.92. The van der Waals surface area contributed by atoms with Gasteiger partial charge in [0, 0.05) is 15.7 Å². The fraction of sp³-hybridized carbons (Fsp3) is 0.259. The molecule has 4 rings (SSSR count). The first kappa shape index (κ1) is 22.3. The van der Waals surface area contributed by atoms with E-state index in [1.54, 1.807) is 4.90 Å². The second kappa shape index (κ2) is 8.91. The number of hydrogen-bond acceptors (Lipinski definition) is 3. The van der Waals surface area contributed by atoms with Crippen molar-refractivity contribution in [2.75, 3.05) is 4.90 Å². The summed E-state index contributed by atoms with van der Waals surface area (Å²) in [4.78, 5) is 29.1. The van der Waals surface area contributed by atoms with Crippen LogP contribution in [0.2, 0.25) is 0 Å². The minimum atomic E-state index is -0.749. The lowest BCUT2D eigenvalue weighted by Crippen LogP contribution is -2.35. The van der Waals surface area contributed by atoms with E-state index < -0.39 is 23.4 Å². The van der Waals surface area contributed by atoms with Crippen LogP contribution in [-0.2, 0) is 20.9 Å². The van der Waals surface area contributed by atoms with E-state index in [1.165, 1.54) is 0 Å². The molecule has 0 saturated heterocycles. The predicted molar refractivity (Wildman–Crippen MR) is 130 cm³/mol. The van der Waals surface area contributed by atoms with Crippen molar-refractivity contribution in [2.24, 2.45) is 0 Å². The summed E-state index contributed by atoms with van der Waals surface area (Å²) in [7, 11) is 0. The molecule has 2 atom stereocenters. The molecule has 3 aromatic carbocycles. The second-order valence-electron chi connectivity index (χ2n) is 8.98. The largest absolute Gasteiger partial charge is 0.459 e. The summed E-state index contributed by atoms with van der Waals surface area (Å²) in [5.74, 6) is -1.93. The summed E-state index contributed by atoms with van der Waals surface area (Å²) in [6.45, 7) is 5.97. The molecule has 1 heterocycles. The van der Waals surface area contributed by atoms with Crippen molar-refractivity contribution in [1.29, 1.82) is 0 Å². The molecule has 0 spiro atoms. The summed E-state index contributed by atoms with van der Waals surface area (Å²) in [5, 5.41) is 0. The maximum atomic E-state index is 13.9. The van der Waals surface area contributed by atoms with Gasteiger partial charge in [-0.1, -0.05) is 82.7 Å². The molecule has 2 unspecified atom stereocenters. The van der Waals surface area contributed by atoms with Crippen molar-refractivity contribution in [2.45, 2.75) is 44.8 Å². The van der Waals surface area contributed by atoms with Gasteiger partial charge in [-0.25, -0.2) is 0 Å². The van der Waals surface area contributed by atoms with Crippen LogP contribution < -0.4 is 4.90 Å². The molecule has 1 aliphatic rings. The fourth-order valence-electron chi connectivity index (χ4n) is 4.21. The monoisotopic (exact) mass is 491 g/mol. The Bertz CT molecular complexity index is 1120. The van der Waals surface area contributed by atoms with Crippen molar-refractivity contribution < 1.29 is 14.3 Å². The van der Waals surface area contributed by atoms with Gasteiger partial charge in [-0.3, -0.25) is 9.59 Å². The van der Waals surface area contributed by atoms with Crippen LogP contribution in [0, 0.1) is 0 Å².